The minimum absolute atomic E-state index is 0.00167. The second-order valence-electron chi connectivity index (χ2n) is 4.97. The van der Waals surface area contributed by atoms with Crippen molar-refractivity contribution in [3.8, 4) is 0 Å². The highest BCUT2D eigenvalue weighted by atomic mass is 79.9. The van der Waals surface area contributed by atoms with Crippen LogP contribution < -0.4 is 5.73 Å². The van der Waals surface area contributed by atoms with E-state index in [-0.39, 0.29) is 5.02 Å². The average molecular weight is 377 g/mol. The van der Waals surface area contributed by atoms with E-state index in [4.69, 9.17) is 28.9 Å². The molecular formula is C15H13BrCl2FN. The molecule has 20 heavy (non-hydrogen) atoms. The summed E-state index contributed by atoms with van der Waals surface area (Å²) < 4.78 is 14.6. The topological polar surface area (TPSA) is 26.0 Å². The standard InChI is InChI=1S/C15H13BrCl2FN/c1-15(20,8-9-2-4-10(16)5-3-9)11-6-14(19)13(18)7-12(11)17/h2-7H,8,20H2,1H3. The third-order valence-corrected chi connectivity index (χ3v) is 4.24. The van der Waals surface area contributed by atoms with E-state index >= 15 is 0 Å². The summed E-state index contributed by atoms with van der Waals surface area (Å²) in [6, 6.07) is 10.5. The second kappa shape index (κ2) is 6.02. The predicted octanol–water partition coefficient (Wildman–Crippen LogP) is 5.31. The zero-order valence-electron chi connectivity index (χ0n) is 10.8. The van der Waals surface area contributed by atoms with Gasteiger partial charge in [0.2, 0.25) is 0 Å². The van der Waals surface area contributed by atoms with Crippen LogP contribution in [0.15, 0.2) is 40.9 Å². The number of rotatable bonds is 3. The predicted molar refractivity (Wildman–Crippen MR) is 85.8 cm³/mol. The summed E-state index contributed by atoms with van der Waals surface area (Å²) in [5.74, 6) is -0.515. The molecule has 0 radical (unpaired) electrons. The molecule has 0 bridgehead atoms. The largest absolute Gasteiger partial charge is 0.321 e. The summed E-state index contributed by atoms with van der Waals surface area (Å²) in [7, 11) is 0. The first-order chi connectivity index (χ1) is 9.29. The monoisotopic (exact) mass is 375 g/mol. The minimum Gasteiger partial charge on any atom is -0.321 e. The van der Waals surface area contributed by atoms with E-state index in [1.807, 2.05) is 31.2 Å². The first kappa shape index (κ1) is 15.8. The van der Waals surface area contributed by atoms with Crippen LogP contribution in [-0.2, 0) is 12.0 Å². The SMILES string of the molecule is CC(N)(Cc1ccc(Br)cc1)c1cc(F)c(Cl)cc1Cl. The lowest BCUT2D eigenvalue weighted by molar-refractivity contribution is 0.486. The molecule has 106 valence electrons. The van der Waals surface area contributed by atoms with Gasteiger partial charge in [-0.05, 0) is 48.7 Å². The molecule has 0 fully saturated rings. The summed E-state index contributed by atoms with van der Waals surface area (Å²) in [6.07, 6.45) is 0.543. The van der Waals surface area contributed by atoms with Gasteiger partial charge in [-0.25, -0.2) is 4.39 Å². The Morgan fingerprint density at radius 2 is 1.75 bits per heavy atom. The summed E-state index contributed by atoms with van der Waals surface area (Å²) in [5, 5.41) is 0.372. The number of halogens is 4. The molecule has 0 spiro atoms. The molecule has 0 aromatic heterocycles. The molecule has 1 nitrogen and oxygen atoms in total. The molecule has 5 heteroatoms. The van der Waals surface area contributed by atoms with Crippen LogP contribution in [0, 0.1) is 5.82 Å². The minimum atomic E-state index is -0.781. The Morgan fingerprint density at radius 3 is 2.35 bits per heavy atom. The van der Waals surface area contributed by atoms with E-state index in [1.54, 1.807) is 0 Å². The molecule has 0 aliphatic carbocycles. The molecule has 0 aliphatic rings. The van der Waals surface area contributed by atoms with Gasteiger partial charge in [-0.1, -0.05) is 51.3 Å². The number of hydrogen-bond donors (Lipinski definition) is 1. The van der Waals surface area contributed by atoms with Crippen molar-refractivity contribution in [2.24, 2.45) is 5.73 Å². The Kier molecular flexibility index (Phi) is 4.75. The normalized spacial score (nSPS) is 14.1. The highest BCUT2D eigenvalue weighted by Gasteiger charge is 2.26. The fourth-order valence-electron chi connectivity index (χ4n) is 2.08. The van der Waals surface area contributed by atoms with Gasteiger partial charge < -0.3 is 5.73 Å². The summed E-state index contributed by atoms with van der Waals surface area (Å²) in [5.41, 5.74) is 7.13. The van der Waals surface area contributed by atoms with Gasteiger partial charge in [0, 0.05) is 15.0 Å². The Hall–Kier alpha value is -0.610. The molecule has 2 aromatic carbocycles. The molecule has 0 saturated carbocycles. The second-order valence-corrected chi connectivity index (χ2v) is 6.70. The smallest absolute Gasteiger partial charge is 0.142 e. The van der Waals surface area contributed by atoms with Crippen LogP contribution >= 0.6 is 39.1 Å². The van der Waals surface area contributed by atoms with E-state index < -0.39 is 11.4 Å². The molecule has 0 aliphatic heterocycles. The van der Waals surface area contributed by atoms with Crippen LogP contribution in [0.3, 0.4) is 0 Å². The highest BCUT2D eigenvalue weighted by Crippen LogP contribution is 2.33. The van der Waals surface area contributed by atoms with Gasteiger partial charge in [0.15, 0.2) is 0 Å². The fraction of sp³-hybridized carbons (Fsp3) is 0.200. The van der Waals surface area contributed by atoms with E-state index in [2.05, 4.69) is 15.9 Å². The van der Waals surface area contributed by atoms with Gasteiger partial charge >= 0.3 is 0 Å². The van der Waals surface area contributed by atoms with Crippen molar-refractivity contribution in [2.75, 3.05) is 0 Å². The molecular weight excluding hydrogens is 364 g/mol. The lowest BCUT2D eigenvalue weighted by Gasteiger charge is -2.27. The molecule has 2 aromatic rings. The maximum atomic E-state index is 13.6. The van der Waals surface area contributed by atoms with Crippen molar-refractivity contribution in [3.63, 3.8) is 0 Å². The maximum Gasteiger partial charge on any atom is 0.142 e. The van der Waals surface area contributed by atoms with Crippen molar-refractivity contribution in [1.82, 2.24) is 0 Å². The van der Waals surface area contributed by atoms with Crippen molar-refractivity contribution in [3.05, 3.63) is 67.9 Å². The molecule has 0 heterocycles. The van der Waals surface area contributed by atoms with Crippen molar-refractivity contribution in [2.45, 2.75) is 18.9 Å². The van der Waals surface area contributed by atoms with Gasteiger partial charge in [-0.2, -0.15) is 0 Å². The Labute approximate surface area is 136 Å². The molecule has 1 atom stereocenters. The van der Waals surface area contributed by atoms with Crippen LogP contribution in [0.25, 0.3) is 0 Å². The fourth-order valence-corrected chi connectivity index (χ4v) is 2.95. The van der Waals surface area contributed by atoms with Gasteiger partial charge in [-0.15, -0.1) is 0 Å². The Morgan fingerprint density at radius 1 is 1.15 bits per heavy atom. The Balaban J connectivity index is 2.34. The number of hydrogen-bond acceptors (Lipinski definition) is 1. The highest BCUT2D eigenvalue weighted by molar-refractivity contribution is 9.10. The van der Waals surface area contributed by atoms with Crippen LogP contribution in [0.2, 0.25) is 10.0 Å². The number of benzene rings is 2. The van der Waals surface area contributed by atoms with Crippen LogP contribution in [0.5, 0.6) is 0 Å². The van der Waals surface area contributed by atoms with Gasteiger partial charge in [-0.3, -0.25) is 0 Å². The van der Waals surface area contributed by atoms with E-state index in [0.717, 1.165) is 10.0 Å². The van der Waals surface area contributed by atoms with E-state index in [1.165, 1.54) is 12.1 Å². The molecule has 0 amide bonds. The first-order valence-electron chi connectivity index (χ1n) is 5.98. The Bertz CT molecular complexity index is 627. The van der Waals surface area contributed by atoms with Crippen molar-refractivity contribution < 1.29 is 4.39 Å². The quantitative estimate of drug-likeness (QED) is 0.721. The lowest BCUT2D eigenvalue weighted by atomic mass is 9.86. The summed E-state index contributed by atoms with van der Waals surface area (Å²) >= 11 is 15.2. The molecule has 2 rings (SSSR count). The van der Waals surface area contributed by atoms with E-state index in [0.29, 0.717) is 17.0 Å². The van der Waals surface area contributed by atoms with Crippen LogP contribution in [-0.4, -0.2) is 0 Å². The lowest BCUT2D eigenvalue weighted by Crippen LogP contribution is -2.36. The third kappa shape index (κ3) is 3.53. The van der Waals surface area contributed by atoms with Crippen molar-refractivity contribution in [1.29, 1.82) is 0 Å². The number of nitrogens with two attached hydrogens (primary N) is 1. The average Bonchev–Trinajstić information content (AvgIpc) is 2.36. The molecule has 2 N–H and O–H groups in total. The first-order valence-corrected chi connectivity index (χ1v) is 7.53. The molecule has 1 unspecified atom stereocenters. The molecule has 0 saturated heterocycles. The van der Waals surface area contributed by atoms with Crippen molar-refractivity contribution >= 4 is 39.1 Å². The van der Waals surface area contributed by atoms with Gasteiger partial charge in [0.25, 0.3) is 0 Å². The van der Waals surface area contributed by atoms with Gasteiger partial charge in [0.1, 0.15) is 5.82 Å². The maximum absolute atomic E-state index is 13.6. The third-order valence-electron chi connectivity index (χ3n) is 3.11. The van der Waals surface area contributed by atoms with Crippen LogP contribution in [0.4, 0.5) is 4.39 Å². The van der Waals surface area contributed by atoms with E-state index in [9.17, 15) is 4.39 Å². The van der Waals surface area contributed by atoms with Crippen LogP contribution in [0.1, 0.15) is 18.1 Å². The van der Waals surface area contributed by atoms with Gasteiger partial charge in [0.05, 0.1) is 5.02 Å². The summed E-state index contributed by atoms with van der Waals surface area (Å²) in [4.78, 5) is 0. The summed E-state index contributed by atoms with van der Waals surface area (Å²) in [6.45, 7) is 1.82. The zero-order valence-corrected chi connectivity index (χ0v) is 13.9. The zero-order chi connectivity index (χ0) is 14.9.